The molecule has 1 aromatic carbocycles. The van der Waals surface area contributed by atoms with Gasteiger partial charge in [-0.15, -0.1) is 0 Å². The van der Waals surface area contributed by atoms with Gasteiger partial charge in [-0.1, -0.05) is 12.1 Å². The average Bonchev–Trinajstić information content (AvgIpc) is 2.82. The highest BCUT2D eigenvalue weighted by molar-refractivity contribution is 9.10. The van der Waals surface area contributed by atoms with E-state index in [4.69, 9.17) is 4.42 Å². The third-order valence-corrected chi connectivity index (χ3v) is 2.96. The Morgan fingerprint density at radius 2 is 2.05 bits per heavy atom. The number of hydrogen-bond donors (Lipinski definition) is 1. The molecule has 0 atom stereocenters. The normalized spacial score (nSPS) is 10.7. The molecule has 0 saturated heterocycles. The maximum atomic E-state index is 11.7. The third kappa shape index (κ3) is 3.93. The van der Waals surface area contributed by atoms with Crippen LogP contribution in [0.3, 0.4) is 0 Å². The number of amides is 1. The standard InChI is InChI=1S/C15H12BrNO3/c1-10(18)11-3-2-4-12(9-11)17-15(19)8-6-13-5-7-14(16)20-13/h2-9H,1H3,(H,17,19)/b8-6+. The molecule has 1 amide bonds. The lowest BCUT2D eigenvalue weighted by Crippen LogP contribution is -2.08. The van der Waals surface area contributed by atoms with Crippen molar-refractivity contribution in [3.8, 4) is 0 Å². The van der Waals surface area contributed by atoms with Crippen molar-refractivity contribution in [2.75, 3.05) is 5.32 Å². The van der Waals surface area contributed by atoms with E-state index < -0.39 is 0 Å². The van der Waals surface area contributed by atoms with Gasteiger partial charge in [0.1, 0.15) is 5.76 Å². The van der Waals surface area contributed by atoms with E-state index in [1.807, 2.05) is 0 Å². The van der Waals surface area contributed by atoms with Gasteiger partial charge in [0.05, 0.1) is 0 Å². The van der Waals surface area contributed by atoms with Crippen molar-refractivity contribution >= 4 is 39.4 Å². The number of Topliss-reactive ketones (excluding diaryl/α,β-unsaturated/α-hetero) is 1. The molecule has 1 aromatic heterocycles. The monoisotopic (exact) mass is 333 g/mol. The van der Waals surface area contributed by atoms with Crippen LogP contribution < -0.4 is 5.32 Å². The number of anilines is 1. The number of nitrogens with one attached hydrogen (secondary N) is 1. The van der Waals surface area contributed by atoms with Crippen LogP contribution in [0.1, 0.15) is 23.0 Å². The Morgan fingerprint density at radius 3 is 2.70 bits per heavy atom. The summed E-state index contributed by atoms with van der Waals surface area (Å²) >= 11 is 3.18. The van der Waals surface area contributed by atoms with Gasteiger partial charge in [0.25, 0.3) is 0 Å². The second-order valence-electron chi connectivity index (χ2n) is 4.10. The minimum absolute atomic E-state index is 0.0444. The van der Waals surface area contributed by atoms with Crippen LogP contribution in [0.15, 0.2) is 51.6 Å². The maximum absolute atomic E-state index is 11.7. The smallest absolute Gasteiger partial charge is 0.248 e. The van der Waals surface area contributed by atoms with Crippen LogP contribution in [0, 0.1) is 0 Å². The topological polar surface area (TPSA) is 59.3 Å². The van der Waals surface area contributed by atoms with E-state index in [9.17, 15) is 9.59 Å². The Hall–Kier alpha value is -2.14. The van der Waals surface area contributed by atoms with E-state index in [1.54, 1.807) is 42.5 Å². The number of ketones is 1. The van der Waals surface area contributed by atoms with Crippen molar-refractivity contribution < 1.29 is 14.0 Å². The Kier molecular flexibility index (Phi) is 4.53. The summed E-state index contributed by atoms with van der Waals surface area (Å²) in [6, 6.07) is 10.3. The highest BCUT2D eigenvalue weighted by atomic mass is 79.9. The van der Waals surface area contributed by atoms with Gasteiger partial charge in [0.2, 0.25) is 5.91 Å². The van der Waals surface area contributed by atoms with Gasteiger partial charge in [-0.3, -0.25) is 9.59 Å². The zero-order valence-corrected chi connectivity index (χ0v) is 12.3. The largest absolute Gasteiger partial charge is 0.450 e. The van der Waals surface area contributed by atoms with E-state index >= 15 is 0 Å². The molecule has 0 spiro atoms. The summed E-state index contributed by atoms with van der Waals surface area (Å²) in [4.78, 5) is 23.0. The van der Waals surface area contributed by atoms with E-state index in [-0.39, 0.29) is 11.7 Å². The molecular formula is C15H12BrNO3. The number of rotatable bonds is 4. The van der Waals surface area contributed by atoms with Crippen molar-refractivity contribution in [3.05, 3.63) is 58.5 Å². The van der Waals surface area contributed by atoms with Crippen molar-refractivity contribution in [3.63, 3.8) is 0 Å². The van der Waals surface area contributed by atoms with Gasteiger partial charge in [0, 0.05) is 17.3 Å². The fourth-order valence-corrected chi connectivity index (χ4v) is 1.89. The number of halogens is 1. The molecule has 2 aromatic rings. The van der Waals surface area contributed by atoms with Gasteiger partial charge in [-0.25, -0.2) is 0 Å². The summed E-state index contributed by atoms with van der Waals surface area (Å²) < 4.78 is 5.84. The summed E-state index contributed by atoms with van der Waals surface area (Å²) in [5, 5.41) is 2.68. The molecule has 20 heavy (non-hydrogen) atoms. The van der Waals surface area contributed by atoms with E-state index in [0.29, 0.717) is 21.7 Å². The molecule has 0 radical (unpaired) electrons. The minimum atomic E-state index is -0.293. The summed E-state index contributed by atoms with van der Waals surface area (Å²) in [5.41, 5.74) is 1.13. The average molecular weight is 334 g/mol. The van der Waals surface area contributed by atoms with E-state index in [0.717, 1.165) is 0 Å². The van der Waals surface area contributed by atoms with Crippen LogP contribution in [0.5, 0.6) is 0 Å². The van der Waals surface area contributed by atoms with Crippen LogP contribution in [0.4, 0.5) is 5.69 Å². The number of furan rings is 1. The number of hydrogen-bond acceptors (Lipinski definition) is 3. The first-order valence-electron chi connectivity index (χ1n) is 5.90. The van der Waals surface area contributed by atoms with Crippen molar-refractivity contribution in [2.45, 2.75) is 6.92 Å². The molecule has 5 heteroatoms. The lowest BCUT2D eigenvalue weighted by atomic mass is 10.1. The fourth-order valence-electron chi connectivity index (χ4n) is 1.58. The van der Waals surface area contributed by atoms with Crippen LogP contribution >= 0.6 is 15.9 Å². The van der Waals surface area contributed by atoms with Crippen molar-refractivity contribution in [1.82, 2.24) is 0 Å². The molecule has 4 nitrogen and oxygen atoms in total. The fraction of sp³-hybridized carbons (Fsp3) is 0.0667. The molecule has 0 unspecified atom stereocenters. The molecule has 0 aliphatic carbocycles. The lowest BCUT2D eigenvalue weighted by Gasteiger charge is -2.03. The molecular weight excluding hydrogens is 322 g/mol. The highest BCUT2D eigenvalue weighted by Crippen LogP contribution is 2.15. The Bertz CT molecular complexity index is 673. The lowest BCUT2D eigenvalue weighted by molar-refractivity contribution is -0.111. The van der Waals surface area contributed by atoms with E-state index in [2.05, 4.69) is 21.2 Å². The Balaban J connectivity index is 2.02. The van der Waals surface area contributed by atoms with Crippen LogP contribution in [-0.4, -0.2) is 11.7 Å². The van der Waals surface area contributed by atoms with Crippen molar-refractivity contribution in [2.24, 2.45) is 0 Å². The summed E-state index contributed by atoms with van der Waals surface area (Å²) in [5.74, 6) is 0.236. The molecule has 102 valence electrons. The minimum Gasteiger partial charge on any atom is -0.450 e. The highest BCUT2D eigenvalue weighted by Gasteiger charge is 2.03. The quantitative estimate of drug-likeness (QED) is 0.681. The second kappa shape index (κ2) is 6.34. The van der Waals surface area contributed by atoms with Crippen LogP contribution in [-0.2, 0) is 4.79 Å². The molecule has 0 fully saturated rings. The third-order valence-electron chi connectivity index (χ3n) is 2.53. The van der Waals surface area contributed by atoms with Gasteiger partial charge < -0.3 is 9.73 Å². The van der Waals surface area contributed by atoms with Gasteiger partial charge in [-0.05, 0) is 53.2 Å². The summed E-state index contributed by atoms with van der Waals surface area (Å²) in [6.45, 7) is 1.48. The molecule has 1 heterocycles. The van der Waals surface area contributed by atoms with Gasteiger partial charge in [0.15, 0.2) is 10.5 Å². The first kappa shape index (κ1) is 14.3. The summed E-state index contributed by atoms with van der Waals surface area (Å²) in [6.07, 6.45) is 2.93. The predicted molar refractivity (Wildman–Crippen MR) is 80.5 cm³/mol. The number of carbonyl (C=O) groups excluding carboxylic acids is 2. The molecule has 0 saturated carbocycles. The van der Waals surface area contributed by atoms with Crippen LogP contribution in [0.25, 0.3) is 6.08 Å². The SMILES string of the molecule is CC(=O)c1cccc(NC(=O)/C=C/c2ccc(Br)o2)c1. The molecule has 0 aliphatic heterocycles. The zero-order chi connectivity index (χ0) is 14.5. The summed E-state index contributed by atoms with van der Waals surface area (Å²) in [7, 11) is 0. The molecule has 1 N–H and O–H groups in total. The zero-order valence-electron chi connectivity index (χ0n) is 10.7. The van der Waals surface area contributed by atoms with E-state index in [1.165, 1.54) is 13.0 Å². The first-order valence-corrected chi connectivity index (χ1v) is 6.69. The molecule has 2 rings (SSSR count). The van der Waals surface area contributed by atoms with Crippen LogP contribution in [0.2, 0.25) is 0 Å². The Morgan fingerprint density at radius 1 is 1.25 bits per heavy atom. The van der Waals surface area contributed by atoms with Gasteiger partial charge >= 0.3 is 0 Å². The number of benzene rings is 1. The molecule has 0 aliphatic rings. The van der Waals surface area contributed by atoms with Crippen molar-refractivity contribution in [1.29, 1.82) is 0 Å². The number of carbonyl (C=O) groups is 2. The Labute approximate surface area is 124 Å². The molecule has 0 bridgehead atoms. The van der Waals surface area contributed by atoms with Gasteiger partial charge in [-0.2, -0.15) is 0 Å². The maximum Gasteiger partial charge on any atom is 0.248 e. The second-order valence-corrected chi connectivity index (χ2v) is 4.88. The first-order chi connectivity index (χ1) is 9.54. The predicted octanol–water partition coefficient (Wildman–Crippen LogP) is 3.90.